The van der Waals surface area contributed by atoms with Crippen LogP contribution in [0.3, 0.4) is 0 Å². The summed E-state index contributed by atoms with van der Waals surface area (Å²) < 4.78 is 5.74. The lowest BCUT2D eigenvalue weighted by Crippen LogP contribution is -2.14. The van der Waals surface area contributed by atoms with Gasteiger partial charge in [0, 0.05) is 16.6 Å². The molecule has 0 fully saturated rings. The van der Waals surface area contributed by atoms with Crippen molar-refractivity contribution >= 4 is 56.9 Å². The Balaban J connectivity index is 1.45. The first kappa shape index (κ1) is 18.4. The van der Waals surface area contributed by atoms with Gasteiger partial charge in [-0.15, -0.1) is 22.7 Å². The highest BCUT2D eigenvalue weighted by molar-refractivity contribution is 7.20. The minimum atomic E-state index is -0.387. The van der Waals surface area contributed by atoms with Gasteiger partial charge in [-0.2, -0.15) is 0 Å². The molecule has 2 amide bonds. The van der Waals surface area contributed by atoms with Crippen molar-refractivity contribution in [2.24, 2.45) is 0 Å². The molecule has 0 aliphatic heterocycles. The van der Waals surface area contributed by atoms with Gasteiger partial charge in [0.1, 0.15) is 0 Å². The zero-order valence-electron chi connectivity index (χ0n) is 14.1. The molecule has 4 rings (SSSR count). The fraction of sp³-hybridized carbons (Fsp3) is 0. The first-order valence-electron chi connectivity index (χ1n) is 8.06. The maximum absolute atomic E-state index is 12.5. The Morgan fingerprint density at radius 1 is 1.04 bits per heavy atom. The summed E-state index contributed by atoms with van der Waals surface area (Å²) in [5.74, 6) is -0.514. The van der Waals surface area contributed by atoms with Gasteiger partial charge in [0.25, 0.3) is 11.8 Å². The Bertz CT molecular complexity index is 1130. The molecule has 0 spiro atoms. The van der Waals surface area contributed by atoms with Gasteiger partial charge in [-0.3, -0.25) is 14.9 Å². The third-order valence-electron chi connectivity index (χ3n) is 3.68. The maximum Gasteiger partial charge on any atom is 0.291 e. The molecule has 3 aromatic heterocycles. The van der Waals surface area contributed by atoms with Crippen LogP contribution in [0.1, 0.15) is 20.9 Å². The van der Waals surface area contributed by atoms with E-state index < -0.39 is 0 Å². The Morgan fingerprint density at radius 2 is 1.93 bits per heavy atom. The molecule has 0 radical (unpaired) electrons. The lowest BCUT2D eigenvalue weighted by atomic mass is 10.2. The van der Waals surface area contributed by atoms with E-state index in [1.54, 1.807) is 36.4 Å². The van der Waals surface area contributed by atoms with E-state index in [9.17, 15) is 9.59 Å². The minimum Gasteiger partial charge on any atom is -0.459 e. The van der Waals surface area contributed by atoms with Gasteiger partial charge in [-0.25, -0.2) is 4.98 Å². The van der Waals surface area contributed by atoms with Crippen LogP contribution in [0.5, 0.6) is 0 Å². The third kappa shape index (κ3) is 4.14. The highest BCUT2D eigenvalue weighted by Crippen LogP contribution is 2.33. The summed E-state index contributed by atoms with van der Waals surface area (Å²) in [6.45, 7) is 0. The molecule has 0 bridgehead atoms. The number of furan rings is 1. The van der Waals surface area contributed by atoms with Crippen LogP contribution in [0.2, 0.25) is 4.34 Å². The molecule has 3 heterocycles. The summed E-state index contributed by atoms with van der Waals surface area (Å²) in [5, 5.41) is 7.81. The number of carbonyl (C=O) groups excluding carboxylic acids is 2. The highest BCUT2D eigenvalue weighted by Gasteiger charge is 2.13. The average Bonchev–Trinajstić information content (AvgIpc) is 3.43. The van der Waals surface area contributed by atoms with Crippen molar-refractivity contribution in [2.75, 3.05) is 10.6 Å². The second kappa shape index (κ2) is 7.97. The van der Waals surface area contributed by atoms with Gasteiger partial charge in [-0.05, 0) is 42.5 Å². The van der Waals surface area contributed by atoms with Crippen LogP contribution in [0.15, 0.2) is 64.6 Å². The maximum atomic E-state index is 12.5. The van der Waals surface area contributed by atoms with Crippen LogP contribution in [0.25, 0.3) is 10.6 Å². The van der Waals surface area contributed by atoms with E-state index in [1.165, 1.54) is 28.9 Å². The number of anilines is 2. The van der Waals surface area contributed by atoms with Crippen molar-refractivity contribution in [3.05, 3.63) is 75.8 Å². The minimum absolute atomic E-state index is 0.193. The number of aromatic nitrogens is 1. The zero-order valence-corrected chi connectivity index (χ0v) is 16.5. The van der Waals surface area contributed by atoms with Crippen molar-refractivity contribution in [2.45, 2.75) is 0 Å². The van der Waals surface area contributed by atoms with Crippen LogP contribution in [-0.4, -0.2) is 16.8 Å². The smallest absolute Gasteiger partial charge is 0.291 e. The fourth-order valence-corrected chi connectivity index (χ4v) is 4.19. The standard InChI is InChI=1S/C19H12ClN3O3S2/c20-16-7-6-15(28-16)13-10-27-19(22-13)23-17(24)11-3-1-4-12(9-11)21-18(25)14-5-2-8-26-14/h1-10H,(H,21,25)(H,22,23,24). The molecule has 2 N–H and O–H groups in total. The van der Waals surface area contributed by atoms with Crippen LogP contribution >= 0.6 is 34.3 Å². The average molecular weight is 430 g/mol. The summed E-state index contributed by atoms with van der Waals surface area (Å²) in [5.41, 5.74) is 1.65. The van der Waals surface area contributed by atoms with Gasteiger partial charge in [0.2, 0.25) is 0 Å². The molecule has 28 heavy (non-hydrogen) atoms. The lowest BCUT2D eigenvalue weighted by Gasteiger charge is -2.06. The van der Waals surface area contributed by atoms with E-state index in [-0.39, 0.29) is 17.6 Å². The lowest BCUT2D eigenvalue weighted by molar-refractivity contribution is 0.0993. The van der Waals surface area contributed by atoms with Gasteiger partial charge < -0.3 is 9.73 Å². The number of thiazole rings is 1. The number of nitrogens with one attached hydrogen (secondary N) is 2. The quantitative estimate of drug-likeness (QED) is 0.431. The number of amides is 2. The summed E-state index contributed by atoms with van der Waals surface area (Å²) >= 11 is 8.71. The fourth-order valence-electron chi connectivity index (χ4n) is 2.40. The number of thiophene rings is 1. The molecule has 9 heteroatoms. The van der Waals surface area contributed by atoms with E-state index in [0.29, 0.717) is 20.7 Å². The zero-order chi connectivity index (χ0) is 19.5. The Hall–Kier alpha value is -2.94. The molecule has 0 aliphatic rings. The molecule has 1 aromatic carbocycles. The first-order valence-corrected chi connectivity index (χ1v) is 10.1. The van der Waals surface area contributed by atoms with Crippen molar-refractivity contribution in [3.8, 4) is 10.6 Å². The number of rotatable bonds is 5. The Kier molecular flexibility index (Phi) is 5.25. The number of carbonyl (C=O) groups is 2. The highest BCUT2D eigenvalue weighted by atomic mass is 35.5. The number of hydrogen-bond donors (Lipinski definition) is 2. The predicted molar refractivity (Wildman–Crippen MR) is 111 cm³/mol. The molecule has 140 valence electrons. The monoisotopic (exact) mass is 429 g/mol. The predicted octanol–water partition coefficient (Wildman–Crippen LogP) is 5.62. The summed E-state index contributed by atoms with van der Waals surface area (Å²) in [7, 11) is 0. The van der Waals surface area contributed by atoms with Gasteiger partial charge in [0.15, 0.2) is 10.9 Å². The Labute approximate surface area is 172 Å². The number of hydrogen-bond acceptors (Lipinski definition) is 6. The summed E-state index contributed by atoms with van der Waals surface area (Å²) in [4.78, 5) is 30.0. The molecule has 0 saturated carbocycles. The molecule has 0 unspecified atom stereocenters. The molecule has 0 aliphatic carbocycles. The van der Waals surface area contributed by atoms with E-state index in [0.717, 1.165) is 10.6 Å². The van der Waals surface area contributed by atoms with Crippen molar-refractivity contribution in [1.29, 1.82) is 0 Å². The normalized spacial score (nSPS) is 10.6. The number of nitrogens with zero attached hydrogens (tertiary/aromatic N) is 1. The first-order chi connectivity index (χ1) is 13.6. The number of benzene rings is 1. The molecule has 0 saturated heterocycles. The molecule has 0 atom stereocenters. The largest absolute Gasteiger partial charge is 0.459 e. The van der Waals surface area contributed by atoms with Crippen LogP contribution in [-0.2, 0) is 0 Å². The molecular weight excluding hydrogens is 418 g/mol. The third-order valence-corrected chi connectivity index (χ3v) is 5.69. The van der Waals surface area contributed by atoms with E-state index >= 15 is 0 Å². The van der Waals surface area contributed by atoms with Crippen LogP contribution in [0.4, 0.5) is 10.8 Å². The van der Waals surface area contributed by atoms with Crippen LogP contribution < -0.4 is 10.6 Å². The molecule has 6 nitrogen and oxygen atoms in total. The van der Waals surface area contributed by atoms with Gasteiger partial charge in [-0.1, -0.05) is 17.7 Å². The van der Waals surface area contributed by atoms with Crippen molar-refractivity contribution in [1.82, 2.24) is 4.98 Å². The molecule has 4 aromatic rings. The summed E-state index contributed by atoms with van der Waals surface area (Å²) in [6.07, 6.45) is 1.42. The Morgan fingerprint density at radius 3 is 2.68 bits per heavy atom. The van der Waals surface area contributed by atoms with Gasteiger partial charge in [0.05, 0.1) is 21.2 Å². The second-order valence-electron chi connectivity index (χ2n) is 5.61. The van der Waals surface area contributed by atoms with Gasteiger partial charge >= 0.3 is 0 Å². The van der Waals surface area contributed by atoms with Crippen LogP contribution in [0, 0.1) is 0 Å². The SMILES string of the molecule is O=C(Nc1nc(-c2ccc(Cl)s2)cs1)c1cccc(NC(=O)c2ccco2)c1. The molecular formula is C19H12ClN3O3S2. The second-order valence-corrected chi connectivity index (χ2v) is 8.18. The summed E-state index contributed by atoms with van der Waals surface area (Å²) in [6, 6.07) is 13.5. The topological polar surface area (TPSA) is 84.2 Å². The van der Waals surface area contributed by atoms with E-state index in [2.05, 4.69) is 15.6 Å². The number of halogens is 1. The van der Waals surface area contributed by atoms with Crippen molar-refractivity contribution < 1.29 is 14.0 Å². The van der Waals surface area contributed by atoms with Crippen molar-refractivity contribution in [3.63, 3.8) is 0 Å². The van der Waals surface area contributed by atoms with E-state index in [4.69, 9.17) is 16.0 Å². The van der Waals surface area contributed by atoms with E-state index in [1.807, 2.05) is 17.5 Å².